The third-order valence-corrected chi connectivity index (χ3v) is 4.54. The van der Waals surface area contributed by atoms with Crippen LogP contribution in [0.4, 0.5) is 0 Å². The fourth-order valence-electron chi connectivity index (χ4n) is 2.17. The summed E-state index contributed by atoms with van der Waals surface area (Å²) < 4.78 is 7.28. The minimum atomic E-state index is 0.179. The third-order valence-electron chi connectivity index (χ3n) is 3.18. The van der Waals surface area contributed by atoms with Crippen LogP contribution in [0.1, 0.15) is 18.7 Å². The van der Waals surface area contributed by atoms with Crippen LogP contribution in [0.25, 0.3) is 0 Å². The first-order valence-corrected chi connectivity index (χ1v) is 8.19. The van der Waals surface area contributed by atoms with Crippen LogP contribution >= 0.6 is 23.4 Å². The molecule has 0 saturated carbocycles. The van der Waals surface area contributed by atoms with Gasteiger partial charge in [-0.2, -0.15) is 5.10 Å². The molecule has 114 valence electrons. The van der Waals surface area contributed by atoms with E-state index in [2.05, 4.69) is 17.3 Å². The number of halogens is 1. The highest BCUT2D eigenvalue weighted by molar-refractivity contribution is 7.99. The van der Waals surface area contributed by atoms with Crippen LogP contribution in [-0.2, 0) is 7.05 Å². The van der Waals surface area contributed by atoms with E-state index in [1.54, 1.807) is 25.1 Å². The van der Waals surface area contributed by atoms with Crippen molar-refractivity contribution in [3.63, 3.8) is 0 Å². The Bertz CT molecular complexity index is 571. The normalized spacial score (nSPS) is 12.4. The number of hydrogen-bond donors (Lipinski definition) is 1. The molecular weight excluding hydrogens is 306 g/mol. The Balaban J connectivity index is 2.11. The molecule has 0 amide bonds. The molecule has 21 heavy (non-hydrogen) atoms. The van der Waals surface area contributed by atoms with Crippen LogP contribution < -0.4 is 10.1 Å². The second-order valence-corrected chi connectivity index (χ2v) is 6.13. The highest BCUT2D eigenvalue weighted by Gasteiger charge is 2.20. The van der Waals surface area contributed by atoms with Gasteiger partial charge in [-0.1, -0.05) is 18.5 Å². The van der Waals surface area contributed by atoms with Crippen molar-refractivity contribution in [3.8, 4) is 5.75 Å². The summed E-state index contributed by atoms with van der Waals surface area (Å²) in [4.78, 5) is 1.20. The molecule has 2 rings (SSSR count). The fourth-order valence-corrected chi connectivity index (χ4v) is 3.26. The standard InChI is InChI=1S/C15H20ClN3OS/c1-4-17-13(15-14(20-3)9-18-19(15)2)10-21-12-7-5-11(16)6-8-12/h5-9,13,17H,4,10H2,1-3H3. The SMILES string of the molecule is CCNC(CSc1ccc(Cl)cc1)c1c(OC)cnn1C. The first-order valence-electron chi connectivity index (χ1n) is 6.83. The molecule has 1 aromatic carbocycles. The highest BCUT2D eigenvalue weighted by atomic mass is 35.5. The molecule has 1 aromatic heterocycles. The van der Waals surface area contributed by atoms with Crippen molar-refractivity contribution in [2.24, 2.45) is 7.05 Å². The summed E-state index contributed by atoms with van der Waals surface area (Å²) in [6.07, 6.45) is 1.76. The molecule has 1 N–H and O–H groups in total. The van der Waals surface area contributed by atoms with Crippen LogP contribution in [-0.4, -0.2) is 29.2 Å². The van der Waals surface area contributed by atoms with E-state index in [4.69, 9.17) is 16.3 Å². The molecule has 1 unspecified atom stereocenters. The minimum Gasteiger partial charge on any atom is -0.493 e. The Morgan fingerprint density at radius 3 is 2.71 bits per heavy atom. The van der Waals surface area contributed by atoms with Crippen LogP contribution in [0, 0.1) is 0 Å². The summed E-state index contributed by atoms with van der Waals surface area (Å²) in [6.45, 7) is 2.99. The van der Waals surface area contributed by atoms with E-state index >= 15 is 0 Å². The van der Waals surface area contributed by atoms with E-state index in [-0.39, 0.29) is 6.04 Å². The minimum absolute atomic E-state index is 0.179. The second kappa shape index (κ2) is 7.73. The number of benzene rings is 1. The number of aromatic nitrogens is 2. The van der Waals surface area contributed by atoms with E-state index in [0.717, 1.165) is 28.8 Å². The quantitative estimate of drug-likeness (QED) is 0.790. The zero-order valence-electron chi connectivity index (χ0n) is 12.5. The summed E-state index contributed by atoms with van der Waals surface area (Å²) in [5, 5.41) is 8.54. The van der Waals surface area contributed by atoms with Crippen molar-refractivity contribution in [3.05, 3.63) is 41.2 Å². The molecule has 0 aliphatic heterocycles. The van der Waals surface area contributed by atoms with Crippen LogP contribution in [0.2, 0.25) is 5.02 Å². The highest BCUT2D eigenvalue weighted by Crippen LogP contribution is 2.30. The van der Waals surface area contributed by atoms with Crippen molar-refractivity contribution in [1.82, 2.24) is 15.1 Å². The molecule has 2 aromatic rings. The number of rotatable bonds is 7. The zero-order valence-corrected chi connectivity index (χ0v) is 14.0. The van der Waals surface area contributed by atoms with Gasteiger partial charge in [0.2, 0.25) is 0 Å². The molecule has 1 heterocycles. The maximum atomic E-state index is 5.92. The maximum Gasteiger partial charge on any atom is 0.161 e. The van der Waals surface area contributed by atoms with Crippen LogP contribution in [0.5, 0.6) is 5.75 Å². The lowest BCUT2D eigenvalue weighted by Crippen LogP contribution is -2.25. The van der Waals surface area contributed by atoms with Crippen molar-refractivity contribution in [1.29, 1.82) is 0 Å². The van der Waals surface area contributed by atoms with Crippen LogP contribution in [0.15, 0.2) is 35.4 Å². The van der Waals surface area contributed by atoms with E-state index in [9.17, 15) is 0 Å². The number of nitrogens with zero attached hydrogens (tertiary/aromatic N) is 2. The van der Waals surface area contributed by atoms with Crippen molar-refractivity contribution < 1.29 is 4.74 Å². The van der Waals surface area contributed by atoms with Crippen molar-refractivity contribution >= 4 is 23.4 Å². The predicted molar refractivity (Wildman–Crippen MR) is 88.4 cm³/mol. The van der Waals surface area contributed by atoms with Gasteiger partial charge in [0.25, 0.3) is 0 Å². The van der Waals surface area contributed by atoms with Gasteiger partial charge in [0.05, 0.1) is 25.0 Å². The lowest BCUT2D eigenvalue weighted by atomic mass is 10.2. The maximum absolute atomic E-state index is 5.92. The van der Waals surface area contributed by atoms with Gasteiger partial charge in [0.15, 0.2) is 5.75 Å². The van der Waals surface area contributed by atoms with Crippen molar-refractivity contribution in [2.45, 2.75) is 17.9 Å². The smallest absolute Gasteiger partial charge is 0.161 e. The lowest BCUT2D eigenvalue weighted by Gasteiger charge is -2.19. The number of methoxy groups -OCH3 is 1. The summed E-state index contributed by atoms with van der Waals surface area (Å²) in [5.74, 6) is 1.71. The molecule has 0 aliphatic carbocycles. The first kappa shape index (κ1) is 16.2. The van der Waals surface area contributed by atoms with E-state index in [1.165, 1.54) is 4.90 Å². The molecule has 0 radical (unpaired) electrons. The first-order chi connectivity index (χ1) is 10.2. The molecule has 0 bridgehead atoms. The molecule has 0 fully saturated rings. The van der Waals surface area contributed by atoms with Gasteiger partial charge in [0, 0.05) is 22.7 Å². The number of nitrogens with one attached hydrogen (secondary N) is 1. The molecular formula is C15H20ClN3OS. The van der Waals surface area contributed by atoms with Crippen molar-refractivity contribution in [2.75, 3.05) is 19.4 Å². The Morgan fingerprint density at radius 2 is 2.10 bits per heavy atom. The monoisotopic (exact) mass is 325 g/mol. The molecule has 0 aliphatic rings. The summed E-state index contributed by atoms with van der Waals surface area (Å²) in [7, 11) is 3.62. The van der Waals surface area contributed by atoms with Gasteiger partial charge in [0.1, 0.15) is 0 Å². The van der Waals surface area contributed by atoms with Gasteiger partial charge in [-0.05, 0) is 30.8 Å². The van der Waals surface area contributed by atoms with E-state index < -0.39 is 0 Å². The number of hydrogen-bond acceptors (Lipinski definition) is 4. The second-order valence-electron chi connectivity index (χ2n) is 4.60. The van der Waals surface area contributed by atoms with Gasteiger partial charge >= 0.3 is 0 Å². The van der Waals surface area contributed by atoms with E-state index in [0.29, 0.717) is 0 Å². The van der Waals surface area contributed by atoms with E-state index in [1.807, 2.05) is 36.0 Å². The number of thioether (sulfide) groups is 1. The number of aryl methyl sites for hydroxylation is 1. The summed E-state index contributed by atoms with van der Waals surface area (Å²) >= 11 is 7.70. The molecule has 4 nitrogen and oxygen atoms in total. The Labute approximate surface area is 134 Å². The zero-order chi connectivity index (χ0) is 15.2. The third kappa shape index (κ3) is 4.15. The average Bonchev–Trinajstić information content (AvgIpc) is 2.86. The predicted octanol–water partition coefficient (Wildman–Crippen LogP) is 3.53. The average molecular weight is 326 g/mol. The lowest BCUT2D eigenvalue weighted by molar-refractivity contribution is 0.399. The largest absolute Gasteiger partial charge is 0.493 e. The van der Waals surface area contributed by atoms with Gasteiger partial charge in [-0.15, -0.1) is 11.8 Å². The molecule has 0 saturated heterocycles. The topological polar surface area (TPSA) is 39.1 Å². The molecule has 6 heteroatoms. The molecule has 1 atom stereocenters. The van der Waals surface area contributed by atoms with Gasteiger partial charge < -0.3 is 10.1 Å². The summed E-state index contributed by atoms with van der Waals surface area (Å²) in [5.41, 5.74) is 1.07. The molecule has 0 spiro atoms. The number of ether oxygens (including phenoxy) is 1. The summed E-state index contributed by atoms with van der Waals surface area (Å²) in [6, 6.07) is 8.08. The Hall–Kier alpha value is -1.17. The Morgan fingerprint density at radius 1 is 1.38 bits per heavy atom. The van der Waals surface area contributed by atoms with Crippen LogP contribution in [0.3, 0.4) is 0 Å². The Kier molecular flexibility index (Phi) is 5.96. The van der Waals surface area contributed by atoms with Gasteiger partial charge in [-0.3, -0.25) is 4.68 Å². The fraction of sp³-hybridized carbons (Fsp3) is 0.400. The van der Waals surface area contributed by atoms with Gasteiger partial charge in [-0.25, -0.2) is 0 Å².